The molecule has 5 heteroatoms. The summed E-state index contributed by atoms with van der Waals surface area (Å²) in [5.74, 6) is 0.955. The summed E-state index contributed by atoms with van der Waals surface area (Å²) in [4.78, 5) is 13.3. The molecule has 1 unspecified atom stereocenters. The van der Waals surface area contributed by atoms with Gasteiger partial charge in [-0.2, -0.15) is 0 Å². The Morgan fingerprint density at radius 3 is 2.50 bits per heavy atom. The van der Waals surface area contributed by atoms with Crippen LogP contribution < -0.4 is 14.8 Å². The van der Waals surface area contributed by atoms with Crippen LogP contribution in [-0.4, -0.2) is 39.2 Å². The Morgan fingerprint density at radius 1 is 1.33 bits per heavy atom. The molecular formula is C13H20N2O3. The summed E-state index contributed by atoms with van der Waals surface area (Å²) in [5, 5.41) is 2.41. The molecule has 0 bridgehead atoms. The molecule has 5 nitrogen and oxygen atoms in total. The van der Waals surface area contributed by atoms with Gasteiger partial charge < -0.3 is 19.7 Å². The molecule has 0 radical (unpaired) electrons. The second-order valence-electron chi connectivity index (χ2n) is 4.19. The summed E-state index contributed by atoms with van der Waals surface area (Å²) in [5.41, 5.74) is 1.06. The number of ether oxygens (including phenoxy) is 2. The van der Waals surface area contributed by atoms with Crippen LogP contribution in [-0.2, 0) is 0 Å². The van der Waals surface area contributed by atoms with E-state index in [0.29, 0.717) is 11.5 Å². The third kappa shape index (κ3) is 3.37. The first-order chi connectivity index (χ1) is 8.49. The highest BCUT2D eigenvalue weighted by atomic mass is 16.6. The highest BCUT2D eigenvalue weighted by Crippen LogP contribution is 2.31. The summed E-state index contributed by atoms with van der Waals surface area (Å²) >= 11 is 0. The van der Waals surface area contributed by atoms with Crippen molar-refractivity contribution in [3.05, 3.63) is 23.8 Å². The maximum atomic E-state index is 11.3. The number of nitrogens with one attached hydrogen (secondary N) is 1. The van der Waals surface area contributed by atoms with E-state index in [1.54, 1.807) is 13.2 Å². The largest absolute Gasteiger partial charge is 0.493 e. The third-order valence-corrected chi connectivity index (χ3v) is 2.85. The molecule has 1 aromatic rings. The first-order valence-corrected chi connectivity index (χ1v) is 5.73. The number of carbonyl (C=O) groups is 1. The maximum Gasteiger partial charge on any atom is 0.412 e. The highest BCUT2D eigenvalue weighted by molar-refractivity contribution is 5.71. The van der Waals surface area contributed by atoms with Crippen LogP contribution in [0.1, 0.15) is 18.5 Å². The minimum atomic E-state index is -0.511. The molecule has 0 aromatic heterocycles. The zero-order valence-electron chi connectivity index (χ0n) is 11.5. The van der Waals surface area contributed by atoms with Crippen molar-refractivity contribution >= 4 is 6.09 Å². The van der Waals surface area contributed by atoms with E-state index in [-0.39, 0.29) is 6.04 Å². The Morgan fingerprint density at radius 2 is 2.00 bits per heavy atom. The van der Waals surface area contributed by atoms with E-state index in [1.165, 1.54) is 7.05 Å². The first kappa shape index (κ1) is 14.3. The fourth-order valence-corrected chi connectivity index (χ4v) is 1.48. The molecule has 1 N–H and O–H groups in total. The van der Waals surface area contributed by atoms with Gasteiger partial charge in [-0.15, -0.1) is 0 Å². The normalized spacial score (nSPS) is 12.1. The lowest BCUT2D eigenvalue weighted by Crippen LogP contribution is -2.22. The predicted molar refractivity (Wildman–Crippen MR) is 70.2 cm³/mol. The van der Waals surface area contributed by atoms with E-state index in [4.69, 9.17) is 9.47 Å². The van der Waals surface area contributed by atoms with Gasteiger partial charge in [0.2, 0.25) is 0 Å². The van der Waals surface area contributed by atoms with Crippen molar-refractivity contribution in [3.8, 4) is 11.5 Å². The number of hydrogen-bond acceptors (Lipinski definition) is 4. The van der Waals surface area contributed by atoms with E-state index >= 15 is 0 Å². The predicted octanol–water partition coefficient (Wildman–Crippen LogP) is 2.04. The van der Waals surface area contributed by atoms with Crippen molar-refractivity contribution in [1.29, 1.82) is 0 Å². The molecular weight excluding hydrogens is 232 g/mol. The average Bonchev–Trinajstić information content (AvgIpc) is 2.37. The Balaban J connectivity index is 3.05. The number of methoxy groups -OCH3 is 1. The topological polar surface area (TPSA) is 50.8 Å². The summed E-state index contributed by atoms with van der Waals surface area (Å²) in [6, 6.07) is 5.80. The van der Waals surface area contributed by atoms with Crippen LogP contribution in [0, 0.1) is 0 Å². The molecule has 100 valence electrons. The maximum absolute atomic E-state index is 11.3. The SMILES string of the molecule is CNC(=O)Oc1cc(C(C)N(C)C)ccc1OC. The summed E-state index contributed by atoms with van der Waals surface area (Å²) < 4.78 is 10.3. The number of nitrogens with zero attached hydrogens (tertiary/aromatic N) is 1. The third-order valence-electron chi connectivity index (χ3n) is 2.85. The molecule has 0 spiro atoms. The number of rotatable bonds is 4. The van der Waals surface area contributed by atoms with Crippen LogP contribution in [0.15, 0.2) is 18.2 Å². The lowest BCUT2D eigenvalue weighted by molar-refractivity contribution is 0.200. The van der Waals surface area contributed by atoms with Crippen molar-refractivity contribution in [2.45, 2.75) is 13.0 Å². The van der Waals surface area contributed by atoms with Crippen LogP contribution in [0.4, 0.5) is 4.79 Å². The second kappa shape index (κ2) is 6.26. The molecule has 0 saturated carbocycles. The molecule has 0 fully saturated rings. The summed E-state index contributed by atoms with van der Waals surface area (Å²) in [6.07, 6.45) is -0.511. The van der Waals surface area contributed by atoms with E-state index in [1.807, 2.05) is 26.2 Å². The highest BCUT2D eigenvalue weighted by Gasteiger charge is 2.14. The number of benzene rings is 1. The average molecular weight is 252 g/mol. The van der Waals surface area contributed by atoms with Gasteiger partial charge in [0.05, 0.1) is 7.11 Å². The molecule has 18 heavy (non-hydrogen) atoms. The zero-order chi connectivity index (χ0) is 13.7. The number of carbonyl (C=O) groups excluding carboxylic acids is 1. The number of amides is 1. The van der Waals surface area contributed by atoms with Gasteiger partial charge in [0.15, 0.2) is 11.5 Å². The van der Waals surface area contributed by atoms with Crippen LogP contribution in [0.25, 0.3) is 0 Å². The van der Waals surface area contributed by atoms with Crippen molar-refractivity contribution in [2.75, 3.05) is 28.3 Å². The molecule has 0 heterocycles. The molecule has 0 aliphatic rings. The minimum Gasteiger partial charge on any atom is -0.493 e. The Kier molecular flexibility index (Phi) is 4.97. The quantitative estimate of drug-likeness (QED) is 0.891. The van der Waals surface area contributed by atoms with Gasteiger partial charge in [0, 0.05) is 13.1 Å². The Hall–Kier alpha value is -1.75. The second-order valence-corrected chi connectivity index (χ2v) is 4.19. The van der Waals surface area contributed by atoms with Gasteiger partial charge >= 0.3 is 6.09 Å². The van der Waals surface area contributed by atoms with Crippen molar-refractivity contribution in [1.82, 2.24) is 10.2 Å². The standard InChI is InChI=1S/C13H20N2O3/c1-9(15(3)4)10-6-7-11(17-5)12(8-10)18-13(16)14-2/h6-9H,1-5H3,(H,14,16). The van der Waals surface area contributed by atoms with Crippen LogP contribution in [0.2, 0.25) is 0 Å². The minimum absolute atomic E-state index is 0.225. The Labute approximate surface area is 108 Å². The van der Waals surface area contributed by atoms with Crippen LogP contribution in [0.5, 0.6) is 11.5 Å². The molecule has 1 rings (SSSR count). The van der Waals surface area contributed by atoms with E-state index in [2.05, 4.69) is 17.1 Å². The summed E-state index contributed by atoms with van der Waals surface area (Å²) in [7, 11) is 7.05. The fourth-order valence-electron chi connectivity index (χ4n) is 1.48. The number of hydrogen-bond donors (Lipinski definition) is 1. The van der Waals surface area contributed by atoms with E-state index in [9.17, 15) is 4.79 Å². The van der Waals surface area contributed by atoms with Gasteiger partial charge in [-0.05, 0) is 38.7 Å². The van der Waals surface area contributed by atoms with Crippen LogP contribution >= 0.6 is 0 Å². The fraction of sp³-hybridized carbons (Fsp3) is 0.462. The Bertz CT molecular complexity index is 419. The van der Waals surface area contributed by atoms with Gasteiger partial charge in [0.1, 0.15) is 0 Å². The first-order valence-electron chi connectivity index (χ1n) is 5.73. The smallest absolute Gasteiger partial charge is 0.412 e. The zero-order valence-corrected chi connectivity index (χ0v) is 11.5. The molecule has 0 aliphatic heterocycles. The van der Waals surface area contributed by atoms with E-state index < -0.39 is 6.09 Å². The summed E-state index contributed by atoms with van der Waals surface area (Å²) in [6.45, 7) is 2.07. The van der Waals surface area contributed by atoms with Crippen molar-refractivity contribution in [3.63, 3.8) is 0 Å². The van der Waals surface area contributed by atoms with Gasteiger partial charge in [-0.1, -0.05) is 6.07 Å². The van der Waals surface area contributed by atoms with Gasteiger partial charge in [0.25, 0.3) is 0 Å². The van der Waals surface area contributed by atoms with Crippen molar-refractivity contribution in [2.24, 2.45) is 0 Å². The molecule has 1 amide bonds. The lowest BCUT2D eigenvalue weighted by Gasteiger charge is -2.21. The lowest BCUT2D eigenvalue weighted by atomic mass is 10.1. The van der Waals surface area contributed by atoms with Gasteiger partial charge in [-0.3, -0.25) is 0 Å². The molecule has 0 saturated heterocycles. The molecule has 1 atom stereocenters. The molecule has 1 aromatic carbocycles. The van der Waals surface area contributed by atoms with Crippen molar-refractivity contribution < 1.29 is 14.3 Å². The van der Waals surface area contributed by atoms with Crippen LogP contribution in [0.3, 0.4) is 0 Å². The monoisotopic (exact) mass is 252 g/mol. The molecule has 0 aliphatic carbocycles. The van der Waals surface area contributed by atoms with Gasteiger partial charge in [-0.25, -0.2) is 4.79 Å². The van der Waals surface area contributed by atoms with E-state index in [0.717, 1.165) is 5.56 Å².